The minimum atomic E-state index is -3.54. The molecule has 0 atom stereocenters. The van der Waals surface area contributed by atoms with E-state index in [1.165, 1.54) is 17.7 Å². The van der Waals surface area contributed by atoms with Crippen LogP contribution in [0.15, 0.2) is 48.5 Å². The Bertz CT molecular complexity index is 1010. The van der Waals surface area contributed by atoms with E-state index in [-0.39, 0.29) is 23.4 Å². The molecule has 0 spiro atoms. The first kappa shape index (κ1) is 24.7. The molecular formula is C24H34N2O4S. The fraction of sp³-hybridized carbons (Fsp3) is 0.458. The zero-order valence-corrected chi connectivity index (χ0v) is 20.3. The summed E-state index contributed by atoms with van der Waals surface area (Å²) < 4.78 is 31.5. The molecule has 0 fully saturated rings. The Morgan fingerprint density at radius 3 is 2.10 bits per heavy atom. The molecule has 1 N–H and O–H groups in total. The zero-order valence-electron chi connectivity index (χ0n) is 19.5. The summed E-state index contributed by atoms with van der Waals surface area (Å²) in [6.45, 7) is 10.6. The first-order valence-electron chi connectivity index (χ1n) is 10.2. The highest BCUT2D eigenvalue weighted by atomic mass is 32.2. The van der Waals surface area contributed by atoms with Crippen molar-refractivity contribution in [1.29, 1.82) is 0 Å². The number of rotatable bonds is 8. The second-order valence-corrected chi connectivity index (χ2v) is 11.6. The predicted molar refractivity (Wildman–Crippen MR) is 126 cm³/mol. The molecule has 0 aliphatic carbocycles. The number of amides is 1. The minimum absolute atomic E-state index is 0.0915. The number of benzene rings is 2. The first-order chi connectivity index (χ1) is 14.2. The Kier molecular flexibility index (Phi) is 7.42. The van der Waals surface area contributed by atoms with Crippen LogP contribution < -0.4 is 14.4 Å². The van der Waals surface area contributed by atoms with E-state index in [1.54, 1.807) is 48.5 Å². The van der Waals surface area contributed by atoms with E-state index in [0.29, 0.717) is 17.0 Å². The maximum Gasteiger partial charge on any atom is 0.251 e. The number of para-hydroxylation sites is 2. The summed E-state index contributed by atoms with van der Waals surface area (Å²) in [5, 5.41) is 3.09. The number of carbonyl (C=O) groups is 1. The van der Waals surface area contributed by atoms with E-state index in [0.717, 1.165) is 12.0 Å². The van der Waals surface area contributed by atoms with Crippen LogP contribution in [0.1, 0.15) is 57.0 Å². The van der Waals surface area contributed by atoms with E-state index >= 15 is 0 Å². The molecule has 7 heteroatoms. The second kappa shape index (κ2) is 9.30. The van der Waals surface area contributed by atoms with Crippen LogP contribution in [0.25, 0.3) is 0 Å². The average molecular weight is 447 g/mol. The molecule has 31 heavy (non-hydrogen) atoms. The van der Waals surface area contributed by atoms with E-state index in [1.807, 2.05) is 13.8 Å². The van der Waals surface area contributed by atoms with Crippen LogP contribution in [-0.2, 0) is 16.6 Å². The van der Waals surface area contributed by atoms with E-state index in [9.17, 15) is 13.2 Å². The molecule has 0 heterocycles. The summed E-state index contributed by atoms with van der Waals surface area (Å²) in [6.07, 6.45) is 2.00. The van der Waals surface area contributed by atoms with Gasteiger partial charge in [-0.15, -0.1) is 0 Å². The number of carbonyl (C=O) groups excluding carboxylic acids is 1. The van der Waals surface area contributed by atoms with Gasteiger partial charge in [0, 0.05) is 11.1 Å². The molecule has 0 aromatic heterocycles. The third-order valence-corrected chi connectivity index (χ3v) is 5.85. The van der Waals surface area contributed by atoms with Crippen molar-refractivity contribution in [2.75, 3.05) is 17.7 Å². The lowest BCUT2D eigenvalue weighted by molar-refractivity contribution is 0.0891. The summed E-state index contributed by atoms with van der Waals surface area (Å²) in [5.41, 5.74) is 1.52. The van der Waals surface area contributed by atoms with Crippen molar-refractivity contribution in [3.63, 3.8) is 0 Å². The van der Waals surface area contributed by atoms with Gasteiger partial charge in [-0.1, -0.05) is 45.0 Å². The molecule has 0 bridgehead atoms. The predicted octanol–water partition coefficient (Wildman–Crippen LogP) is 4.61. The number of nitrogens with one attached hydrogen (secondary N) is 1. The zero-order chi connectivity index (χ0) is 23.4. The van der Waals surface area contributed by atoms with Gasteiger partial charge in [0.25, 0.3) is 5.91 Å². The third kappa shape index (κ3) is 7.28. The van der Waals surface area contributed by atoms with Gasteiger partial charge in [-0.2, -0.15) is 0 Å². The van der Waals surface area contributed by atoms with Gasteiger partial charge in [0.15, 0.2) is 0 Å². The fourth-order valence-electron chi connectivity index (χ4n) is 3.89. The number of hydrogen-bond acceptors (Lipinski definition) is 4. The number of nitrogens with zero attached hydrogens (tertiary/aromatic N) is 1. The summed E-state index contributed by atoms with van der Waals surface area (Å²) in [6, 6.07) is 14.0. The lowest BCUT2D eigenvalue weighted by atomic mass is 9.81. The number of methoxy groups -OCH3 is 1. The molecule has 0 radical (unpaired) electrons. The first-order valence-corrected chi connectivity index (χ1v) is 12.1. The van der Waals surface area contributed by atoms with Gasteiger partial charge in [0.2, 0.25) is 10.0 Å². The third-order valence-electron chi connectivity index (χ3n) is 4.72. The van der Waals surface area contributed by atoms with Crippen molar-refractivity contribution in [2.24, 2.45) is 5.41 Å². The van der Waals surface area contributed by atoms with Crippen LogP contribution in [0, 0.1) is 5.41 Å². The van der Waals surface area contributed by atoms with Crippen LogP contribution in [0.5, 0.6) is 5.75 Å². The molecule has 2 aromatic rings. The Morgan fingerprint density at radius 2 is 1.58 bits per heavy atom. The second-order valence-electron chi connectivity index (χ2n) is 9.71. The standard InChI is InChI=1S/C24H34N2O4S/c1-23(2,3)17-24(4,5)25-22(27)19-14-12-18(13-15-19)16-26(31(7,28)29)20-10-8-9-11-21(20)30-6/h8-15H,16-17H2,1-7H3,(H,25,27). The van der Waals surface area contributed by atoms with Gasteiger partial charge >= 0.3 is 0 Å². The topological polar surface area (TPSA) is 75.7 Å². The summed E-state index contributed by atoms with van der Waals surface area (Å²) in [7, 11) is -2.03. The molecule has 0 aliphatic rings. The van der Waals surface area contributed by atoms with Gasteiger partial charge in [-0.05, 0) is 55.5 Å². The van der Waals surface area contributed by atoms with Crippen molar-refractivity contribution in [3.8, 4) is 5.75 Å². The Labute approximate surface area is 186 Å². The molecule has 170 valence electrons. The average Bonchev–Trinajstić information content (AvgIpc) is 2.63. The van der Waals surface area contributed by atoms with Crippen molar-refractivity contribution < 1.29 is 17.9 Å². The Hall–Kier alpha value is -2.54. The molecule has 0 unspecified atom stereocenters. The van der Waals surface area contributed by atoms with E-state index in [4.69, 9.17) is 4.74 Å². The molecular weight excluding hydrogens is 412 g/mol. The minimum Gasteiger partial charge on any atom is -0.495 e. The van der Waals surface area contributed by atoms with Gasteiger partial charge < -0.3 is 10.1 Å². The van der Waals surface area contributed by atoms with Crippen LogP contribution in [-0.4, -0.2) is 33.2 Å². The summed E-state index contributed by atoms with van der Waals surface area (Å²) in [5.74, 6) is 0.329. The number of anilines is 1. The molecule has 0 saturated heterocycles. The van der Waals surface area contributed by atoms with Gasteiger partial charge in [-0.3, -0.25) is 9.10 Å². The summed E-state index contributed by atoms with van der Waals surface area (Å²) >= 11 is 0. The van der Waals surface area contributed by atoms with Crippen LogP contribution >= 0.6 is 0 Å². The highest BCUT2D eigenvalue weighted by molar-refractivity contribution is 7.92. The molecule has 0 saturated carbocycles. The van der Waals surface area contributed by atoms with Crippen molar-refractivity contribution in [1.82, 2.24) is 5.32 Å². The molecule has 2 rings (SSSR count). The monoisotopic (exact) mass is 446 g/mol. The lowest BCUT2D eigenvalue weighted by Crippen LogP contribution is -2.45. The highest BCUT2D eigenvalue weighted by Crippen LogP contribution is 2.31. The fourth-order valence-corrected chi connectivity index (χ4v) is 4.79. The van der Waals surface area contributed by atoms with Crippen LogP contribution in [0.4, 0.5) is 5.69 Å². The normalized spacial score (nSPS) is 12.4. The maximum absolute atomic E-state index is 12.7. The van der Waals surface area contributed by atoms with Crippen LogP contribution in [0.3, 0.4) is 0 Å². The van der Waals surface area contributed by atoms with Crippen molar-refractivity contribution in [3.05, 3.63) is 59.7 Å². The van der Waals surface area contributed by atoms with Crippen molar-refractivity contribution >= 4 is 21.6 Å². The van der Waals surface area contributed by atoms with E-state index in [2.05, 4.69) is 26.1 Å². The smallest absolute Gasteiger partial charge is 0.251 e. The maximum atomic E-state index is 12.7. The summed E-state index contributed by atoms with van der Waals surface area (Å²) in [4.78, 5) is 12.7. The van der Waals surface area contributed by atoms with Crippen molar-refractivity contribution in [2.45, 2.75) is 53.1 Å². The molecule has 6 nitrogen and oxygen atoms in total. The number of hydrogen-bond donors (Lipinski definition) is 1. The van der Waals surface area contributed by atoms with E-state index < -0.39 is 10.0 Å². The lowest BCUT2D eigenvalue weighted by Gasteiger charge is -2.33. The largest absolute Gasteiger partial charge is 0.495 e. The van der Waals surface area contributed by atoms with Gasteiger partial charge in [0.1, 0.15) is 5.75 Å². The van der Waals surface area contributed by atoms with Crippen LogP contribution in [0.2, 0.25) is 0 Å². The molecule has 1 amide bonds. The number of sulfonamides is 1. The Morgan fingerprint density at radius 1 is 1.00 bits per heavy atom. The number of ether oxygens (including phenoxy) is 1. The highest BCUT2D eigenvalue weighted by Gasteiger charge is 2.27. The molecule has 0 aliphatic heterocycles. The Balaban J connectivity index is 2.21. The SMILES string of the molecule is COc1ccccc1N(Cc1ccc(C(=O)NC(C)(C)CC(C)(C)C)cc1)S(C)(=O)=O. The van der Waals surface area contributed by atoms with Gasteiger partial charge in [0.05, 0.1) is 25.6 Å². The quantitative estimate of drug-likeness (QED) is 0.643. The van der Waals surface area contributed by atoms with Gasteiger partial charge in [-0.25, -0.2) is 8.42 Å². The molecule has 2 aromatic carbocycles.